The van der Waals surface area contributed by atoms with E-state index < -0.39 is 0 Å². The van der Waals surface area contributed by atoms with Crippen LogP contribution in [0.15, 0.2) is 17.2 Å². The molecule has 1 saturated heterocycles. The molecular formula is C12H20N4O. The maximum Gasteiger partial charge on any atom is 0.293 e. The van der Waals surface area contributed by atoms with Gasteiger partial charge in [0.15, 0.2) is 5.82 Å². The van der Waals surface area contributed by atoms with Gasteiger partial charge in [0, 0.05) is 32.0 Å². The molecule has 1 aromatic rings. The van der Waals surface area contributed by atoms with Gasteiger partial charge in [-0.05, 0) is 26.4 Å². The zero-order chi connectivity index (χ0) is 12.3. The average Bonchev–Trinajstić information content (AvgIpc) is 2.33. The van der Waals surface area contributed by atoms with E-state index in [2.05, 4.69) is 22.2 Å². The van der Waals surface area contributed by atoms with Crippen molar-refractivity contribution < 1.29 is 0 Å². The van der Waals surface area contributed by atoms with Crippen LogP contribution in [0.4, 0.5) is 5.82 Å². The maximum absolute atomic E-state index is 11.7. The van der Waals surface area contributed by atoms with Gasteiger partial charge in [-0.25, -0.2) is 4.98 Å². The molecule has 17 heavy (non-hydrogen) atoms. The van der Waals surface area contributed by atoms with Gasteiger partial charge in [-0.1, -0.05) is 6.42 Å². The molecule has 1 N–H and O–H groups in total. The van der Waals surface area contributed by atoms with E-state index in [-0.39, 0.29) is 5.56 Å². The summed E-state index contributed by atoms with van der Waals surface area (Å²) in [5.74, 6) is 0.453. The third-order valence-electron chi connectivity index (χ3n) is 3.44. The summed E-state index contributed by atoms with van der Waals surface area (Å²) in [7, 11) is 3.88. The molecule has 0 saturated carbocycles. The van der Waals surface area contributed by atoms with Crippen LogP contribution in [0.5, 0.6) is 0 Å². The molecule has 1 fully saturated rings. The fourth-order valence-electron chi connectivity index (χ4n) is 2.24. The Morgan fingerprint density at radius 2 is 2.29 bits per heavy atom. The van der Waals surface area contributed by atoms with Crippen LogP contribution in [0, 0.1) is 0 Å². The highest BCUT2D eigenvalue weighted by Crippen LogP contribution is 2.14. The molecule has 0 spiro atoms. The normalized spacial score (nSPS) is 21.4. The van der Waals surface area contributed by atoms with E-state index in [0.29, 0.717) is 11.9 Å². The standard InChI is InChI=1S/C12H20N4O/c1-15-7-4-3-5-10(15)9-14-11-12(17)16(2)8-6-13-11/h6,8,10H,3-5,7,9H2,1-2H3,(H,13,14). The first kappa shape index (κ1) is 12.1. The quantitative estimate of drug-likeness (QED) is 0.838. The number of piperidine rings is 1. The van der Waals surface area contributed by atoms with Crippen LogP contribution in [-0.2, 0) is 7.05 Å². The van der Waals surface area contributed by atoms with Gasteiger partial charge in [0.2, 0.25) is 0 Å². The van der Waals surface area contributed by atoms with Gasteiger partial charge < -0.3 is 14.8 Å². The van der Waals surface area contributed by atoms with Crippen molar-refractivity contribution in [2.45, 2.75) is 25.3 Å². The topological polar surface area (TPSA) is 50.2 Å². The lowest BCUT2D eigenvalue weighted by Gasteiger charge is -2.32. The number of nitrogens with zero attached hydrogens (tertiary/aromatic N) is 3. The van der Waals surface area contributed by atoms with Crippen LogP contribution in [0.3, 0.4) is 0 Å². The molecule has 0 bridgehead atoms. The molecule has 1 atom stereocenters. The Morgan fingerprint density at radius 3 is 3.06 bits per heavy atom. The van der Waals surface area contributed by atoms with Crippen molar-refractivity contribution in [2.24, 2.45) is 7.05 Å². The average molecular weight is 236 g/mol. The molecule has 2 rings (SSSR count). The van der Waals surface area contributed by atoms with E-state index in [4.69, 9.17) is 0 Å². The fraction of sp³-hybridized carbons (Fsp3) is 0.667. The number of anilines is 1. The first-order valence-electron chi connectivity index (χ1n) is 6.14. The largest absolute Gasteiger partial charge is 0.364 e. The highest BCUT2D eigenvalue weighted by molar-refractivity contribution is 5.30. The number of likely N-dealkylation sites (tertiary alicyclic amines) is 1. The lowest BCUT2D eigenvalue weighted by Crippen LogP contribution is -2.41. The van der Waals surface area contributed by atoms with Gasteiger partial charge in [-0.2, -0.15) is 0 Å². The van der Waals surface area contributed by atoms with Crippen LogP contribution in [-0.4, -0.2) is 40.6 Å². The van der Waals surface area contributed by atoms with Crippen molar-refractivity contribution in [3.8, 4) is 0 Å². The summed E-state index contributed by atoms with van der Waals surface area (Å²) >= 11 is 0. The van der Waals surface area contributed by atoms with E-state index in [1.165, 1.54) is 19.3 Å². The number of likely N-dealkylation sites (N-methyl/N-ethyl adjacent to an activating group) is 1. The van der Waals surface area contributed by atoms with Crippen LogP contribution in [0.2, 0.25) is 0 Å². The van der Waals surface area contributed by atoms with Gasteiger partial charge in [0.25, 0.3) is 5.56 Å². The van der Waals surface area contributed by atoms with E-state index in [1.807, 2.05) is 0 Å². The molecule has 94 valence electrons. The van der Waals surface area contributed by atoms with Crippen molar-refractivity contribution in [1.82, 2.24) is 14.5 Å². The van der Waals surface area contributed by atoms with E-state index in [0.717, 1.165) is 13.1 Å². The summed E-state index contributed by atoms with van der Waals surface area (Å²) in [6.45, 7) is 1.94. The molecular weight excluding hydrogens is 216 g/mol. The minimum absolute atomic E-state index is 0.0639. The summed E-state index contributed by atoms with van der Waals surface area (Å²) in [6, 6.07) is 0.510. The lowest BCUT2D eigenvalue weighted by molar-refractivity contribution is 0.194. The van der Waals surface area contributed by atoms with Gasteiger partial charge >= 0.3 is 0 Å². The molecule has 0 aliphatic carbocycles. The molecule has 1 aliphatic rings. The third kappa shape index (κ3) is 2.85. The predicted octanol–water partition coefficient (Wildman–Crippen LogP) is 0.676. The van der Waals surface area contributed by atoms with Crippen molar-refractivity contribution in [3.63, 3.8) is 0 Å². The zero-order valence-electron chi connectivity index (χ0n) is 10.5. The highest BCUT2D eigenvalue weighted by Gasteiger charge is 2.18. The Balaban J connectivity index is 1.97. The van der Waals surface area contributed by atoms with Crippen LogP contribution >= 0.6 is 0 Å². The summed E-state index contributed by atoms with van der Waals surface area (Å²) in [4.78, 5) is 18.2. The van der Waals surface area contributed by atoms with E-state index in [1.54, 1.807) is 24.0 Å². The molecule has 1 aliphatic heterocycles. The van der Waals surface area contributed by atoms with Crippen LogP contribution < -0.4 is 10.9 Å². The van der Waals surface area contributed by atoms with Gasteiger partial charge in [0.1, 0.15) is 0 Å². The Hall–Kier alpha value is -1.36. The highest BCUT2D eigenvalue weighted by atomic mass is 16.1. The smallest absolute Gasteiger partial charge is 0.293 e. The molecule has 5 heteroatoms. The molecule has 1 unspecified atom stereocenters. The number of aryl methyl sites for hydroxylation is 1. The number of rotatable bonds is 3. The summed E-state index contributed by atoms with van der Waals surface area (Å²) in [6.07, 6.45) is 7.06. The van der Waals surface area contributed by atoms with Crippen LogP contribution in [0.25, 0.3) is 0 Å². The Bertz CT molecular complexity index is 429. The Kier molecular flexibility index (Phi) is 3.78. The molecule has 0 radical (unpaired) electrons. The molecule has 5 nitrogen and oxygen atoms in total. The van der Waals surface area contributed by atoms with Crippen molar-refractivity contribution >= 4 is 5.82 Å². The van der Waals surface area contributed by atoms with E-state index >= 15 is 0 Å². The fourth-order valence-corrected chi connectivity index (χ4v) is 2.24. The first-order valence-corrected chi connectivity index (χ1v) is 6.14. The number of aromatic nitrogens is 2. The second-order valence-electron chi connectivity index (χ2n) is 4.70. The lowest BCUT2D eigenvalue weighted by atomic mass is 10.0. The second kappa shape index (κ2) is 5.31. The second-order valence-corrected chi connectivity index (χ2v) is 4.70. The SMILES string of the molecule is CN1CCCCC1CNc1nccn(C)c1=O. The van der Waals surface area contributed by atoms with Crippen LogP contribution in [0.1, 0.15) is 19.3 Å². The Morgan fingerprint density at radius 1 is 1.47 bits per heavy atom. The Labute approximate surface area is 101 Å². The zero-order valence-corrected chi connectivity index (χ0v) is 10.5. The predicted molar refractivity (Wildman–Crippen MR) is 68.2 cm³/mol. The monoisotopic (exact) mass is 236 g/mol. The maximum atomic E-state index is 11.7. The minimum Gasteiger partial charge on any atom is -0.364 e. The van der Waals surface area contributed by atoms with Gasteiger partial charge in [-0.15, -0.1) is 0 Å². The van der Waals surface area contributed by atoms with Gasteiger partial charge in [-0.3, -0.25) is 4.79 Å². The molecule has 2 heterocycles. The molecule has 1 aromatic heterocycles. The number of hydrogen-bond donors (Lipinski definition) is 1. The summed E-state index contributed by atoms with van der Waals surface area (Å²) in [5, 5.41) is 3.17. The van der Waals surface area contributed by atoms with Gasteiger partial charge in [0.05, 0.1) is 0 Å². The third-order valence-corrected chi connectivity index (χ3v) is 3.44. The van der Waals surface area contributed by atoms with Crippen molar-refractivity contribution in [2.75, 3.05) is 25.5 Å². The number of nitrogens with one attached hydrogen (secondary N) is 1. The molecule has 0 amide bonds. The molecule has 0 aromatic carbocycles. The van der Waals surface area contributed by atoms with E-state index in [9.17, 15) is 4.79 Å². The first-order chi connectivity index (χ1) is 8.18. The number of hydrogen-bond acceptors (Lipinski definition) is 4. The summed E-state index contributed by atoms with van der Waals surface area (Å²) in [5.41, 5.74) is -0.0639. The minimum atomic E-state index is -0.0639. The van der Waals surface area contributed by atoms with Crippen molar-refractivity contribution in [3.05, 3.63) is 22.7 Å². The van der Waals surface area contributed by atoms with Crippen molar-refractivity contribution in [1.29, 1.82) is 0 Å². The summed E-state index contributed by atoms with van der Waals surface area (Å²) < 4.78 is 1.54.